The number of carbonyl (C=O) groups is 2. The number of Topliss-reactive ketones (excluding diaryl/α,β-unsaturated/α-hetero) is 2. The Morgan fingerprint density at radius 2 is 1.26 bits per heavy atom. The third-order valence-corrected chi connectivity index (χ3v) is 2.09. The third kappa shape index (κ3) is 3.54. The summed E-state index contributed by atoms with van der Waals surface area (Å²) in [7, 11) is 0. The number of hydrogen-bond acceptors (Lipinski definition) is 4. The maximum absolute atomic E-state index is 12.9. The van der Waals surface area contributed by atoms with Crippen LogP contribution in [0.3, 0.4) is 0 Å². The number of rotatable bonds is 4. The quantitative estimate of drug-likeness (QED) is 0.275. The van der Waals surface area contributed by atoms with Crippen LogP contribution in [0.25, 0.3) is 0 Å². The molecule has 14 heteroatoms. The van der Waals surface area contributed by atoms with Crippen molar-refractivity contribution in [1.29, 1.82) is 5.26 Å². The van der Waals surface area contributed by atoms with E-state index in [9.17, 15) is 53.5 Å². The first kappa shape index (κ1) is 20.7. The zero-order valence-corrected chi connectivity index (χ0v) is 9.99. The Bertz CT molecular complexity index is 592. The average Bonchev–Trinajstić information content (AvgIpc) is 2.35. The zero-order valence-electron chi connectivity index (χ0n) is 9.99. The maximum atomic E-state index is 12.9. The minimum Gasteiger partial charge on any atom is -0.503 e. The van der Waals surface area contributed by atoms with Gasteiger partial charge < -0.3 is 5.11 Å². The Hall–Kier alpha value is -2.33. The van der Waals surface area contributed by atoms with Crippen LogP contribution in [-0.4, -0.2) is 40.9 Å². The van der Waals surface area contributed by atoms with E-state index in [0.717, 1.165) is 0 Å². The van der Waals surface area contributed by atoms with E-state index in [1.807, 2.05) is 0 Å². The van der Waals surface area contributed by atoms with E-state index in [1.165, 1.54) is 0 Å². The van der Waals surface area contributed by atoms with Crippen LogP contribution in [0.1, 0.15) is 0 Å². The molecule has 0 aliphatic heterocycles. The normalized spacial score (nSPS) is 14.8. The predicted molar refractivity (Wildman–Crippen MR) is 47.3 cm³/mol. The molecule has 0 radical (unpaired) electrons. The van der Waals surface area contributed by atoms with Gasteiger partial charge >= 0.3 is 24.2 Å². The van der Waals surface area contributed by atoms with Crippen molar-refractivity contribution in [3.8, 4) is 6.07 Å². The Morgan fingerprint density at radius 1 is 0.870 bits per heavy atom. The number of ketones is 2. The molecule has 130 valence electrons. The lowest BCUT2D eigenvalue weighted by atomic mass is 9.98. The van der Waals surface area contributed by atoms with Gasteiger partial charge in [-0.25, -0.2) is 0 Å². The van der Waals surface area contributed by atoms with Crippen LogP contribution < -0.4 is 0 Å². The van der Waals surface area contributed by atoms with Gasteiger partial charge in [0, 0.05) is 0 Å². The Labute approximate surface area is 118 Å². The van der Waals surface area contributed by atoms with Gasteiger partial charge in [-0.1, -0.05) is 0 Å². The molecule has 0 amide bonds. The van der Waals surface area contributed by atoms with E-state index < -0.39 is 47.1 Å². The summed E-state index contributed by atoms with van der Waals surface area (Å²) in [5, 5.41) is 16.5. The van der Waals surface area contributed by atoms with E-state index in [0.29, 0.717) is 0 Å². The summed E-state index contributed by atoms with van der Waals surface area (Å²) in [5.74, 6) is -24.4. The number of alkyl halides is 10. The number of nitrogens with zero attached hydrogens (tertiary/aromatic N) is 1. The maximum Gasteiger partial charge on any atom is 0.460 e. The van der Waals surface area contributed by atoms with Gasteiger partial charge in [-0.15, -0.1) is 0 Å². The molecule has 0 aromatic heterocycles. The van der Waals surface area contributed by atoms with E-state index in [1.54, 1.807) is 0 Å². The highest BCUT2D eigenvalue weighted by atomic mass is 19.4. The first-order valence-corrected chi connectivity index (χ1v) is 4.75. The highest BCUT2D eigenvalue weighted by molar-refractivity contribution is 6.47. The molecule has 1 N–H and O–H groups in total. The second kappa shape index (κ2) is 5.70. The summed E-state index contributed by atoms with van der Waals surface area (Å²) in [6.45, 7) is 0. The molecule has 0 aromatic carbocycles. The number of allylic oxidation sites excluding steroid dienone is 2. The fourth-order valence-electron chi connectivity index (χ4n) is 0.930. The number of aliphatic hydroxyl groups is 1. The van der Waals surface area contributed by atoms with Gasteiger partial charge in [-0.05, 0) is 0 Å². The average molecular weight is 361 g/mol. The second-order valence-electron chi connectivity index (χ2n) is 3.64. The summed E-state index contributed by atoms with van der Waals surface area (Å²) in [5.41, 5.74) is -2.76. The highest BCUT2D eigenvalue weighted by Gasteiger charge is 2.77. The van der Waals surface area contributed by atoms with Crippen LogP contribution in [0.15, 0.2) is 11.3 Å². The molecule has 0 bridgehead atoms. The Balaban J connectivity index is 6.08. The molecule has 4 nitrogen and oxygen atoms in total. The summed E-state index contributed by atoms with van der Waals surface area (Å²) >= 11 is 0. The molecule has 0 unspecified atom stereocenters. The Kier molecular flexibility index (Phi) is 5.13. The highest BCUT2D eigenvalue weighted by Crippen LogP contribution is 2.47. The van der Waals surface area contributed by atoms with E-state index in [-0.39, 0.29) is 6.07 Å². The third-order valence-electron chi connectivity index (χ3n) is 2.09. The number of nitriles is 1. The first-order chi connectivity index (χ1) is 9.92. The fraction of sp³-hybridized carbons (Fsp3) is 0.444. The number of aliphatic hydroxyl groups excluding tert-OH is 1. The molecular weight excluding hydrogens is 360 g/mol. The van der Waals surface area contributed by atoms with Crippen molar-refractivity contribution in [1.82, 2.24) is 0 Å². The van der Waals surface area contributed by atoms with Crippen molar-refractivity contribution in [3.05, 3.63) is 11.3 Å². The predicted octanol–water partition coefficient (Wildman–Crippen LogP) is 2.86. The van der Waals surface area contributed by atoms with E-state index >= 15 is 0 Å². The van der Waals surface area contributed by atoms with Gasteiger partial charge in [0.25, 0.3) is 5.78 Å². The smallest absolute Gasteiger partial charge is 0.460 e. The number of hydrogen-bond donors (Lipinski definition) is 1. The molecule has 23 heavy (non-hydrogen) atoms. The molecule has 0 aliphatic rings. The van der Waals surface area contributed by atoms with Gasteiger partial charge in [-0.2, -0.15) is 49.2 Å². The van der Waals surface area contributed by atoms with Crippen molar-refractivity contribution in [3.63, 3.8) is 0 Å². The molecule has 0 rings (SSSR count). The molecule has 0 saturated carbocycles. The van der Waals surface area contributed by atoms with Crippen molar-refractivity contribution in [2.75, 3.05) is 0 Å². The Morgan fingerprint density at radius 3 is 1.52 bits per heavy atom. The SMILES string of the molecule is N#CC(C(=O)C(=O)C(F)(F)C(F)(F)C(F)(F)F)=C(O)C(F)(F)F. The molecule has 0 spiro atoms. The number of carbonyl (C=O) groups excluding carboxylic acids is 2. The largest absolute Gasteiger partial charge is 0.503 e. The van der Waals surface area contributed by atoms with Gasteiger partial charge in [0.1, 0.15) is 6.07 Å². The van der Waals surface area contributed by atoms with Gasteiger partial charge in [0.2, 0.25) is 11.5 Å². The van der Waals surface area contributed by atoms with Crippen LogP contribution >= 0.6 is 0 Å². The molecule has 0 aromatic rings. The van der Waals surface area contributed by atoms with E-state index in [4.69, 9.17) is 10.4 Å². The monoisotopic (exact) mass is 361 g/mol. The van der Waals surface area contributed by atoms with Crippen molar-refractivity contribution >= 4 is 11.6 Å². The van der Waals surface area contributed by atoms with E-state index in [2.05, 4.69) is 0 Å². The summed E-state index contributed by atoms with van der Waals surface area (Å²) in [6.07, 6.45) is -13.0. The van der Waals surface area contributed by atoms with Crippen LogP contribution in [-0.2, 0) is 9.59 Å². The summed E-state index contributed by atoms with van der Waals surface area (Å²) < 4.78 is 122. The summed E-state index contributed by atoms with van der Waals surface area (Å²) in [4.78, 5) is 21.7. The zero-order chi connectivity index (χ0) is 19.0. The van der Waals surface area contributed by atoms with Crippen molar-refractivity contribution in [2.45, 2.75) is 24.2 Å². The van der Waals surface area contributed by atoms with Crippen molar-refractivity contribution in [2.24, 2.45) is 0 Å². The molecule has 0 fully saturated rings. The second-order valence-corrected chi connectivity index (χ2v) is 3.64. The summed E-state index contributed by atoms with van der Waals surface area (Å²) in [6, 6.07) is 0.131. The van der Waals surface area contributed by atoms with Gasteiger partial charge in [0.05, 0.1) is 0 Å². The first-order valence-electron chi connectivity index (χ1n) is 4.75. The minimum absolute atomic E-state index is 0.131. The molecule has 0 atom stereocenters. The molecule has 0 aliphatic carbocycles. The van der Waals surface area contributed by atoms with Gasteiger partial charge in [0.15, 0.2) is 5.57 Å². The standard InChI is InChI=1S/C9HF10NO3/c10-6(11,8(15,16)9(17,18)19)5(23)3(21)2(1-20)4(22)7(12,13)14/h22H. The molecular formula is C9HF10NO3. The molecule has 0 heterocycles. The van der Waals surface area contributed by atoms with Crippen LogP contribution in [0, 0.1) is 11.3 Å². The number of halogens is 10. The lowest BCUT2D eigenvalue weighted by Crippen LogP contribution is -2.58. The van der Waals surface area contributed by atoms with Crippen molar-refractivity contribution < 1.29 is 58.6 Å². The minimum atomic E-state index is -7.11. The molecule has 0 saturated heterocycles. The van der Waals surface area contributed by atoms with Gasteiger partial charge in [-0.3, -0.25) is 9.59 Å². The van der Waals surface area contributed by atoms with Crippen LogP contribution in [0.4, 0.5) is 43.9 Å². The van der Waals surface area contributed by atoms with Crippen LogP contribution in [0.5, 0.6) is 0 Å². The lowest BCUT2D eigenvalue weighted by Gasteiger charge is -2.26. The topological polar surface area (TPSA) is 78.2 Å². The fourth-order valence-corrected chi connectivity index (χ4v) is 0.930. The van der Waals surface area contributed by atoms with Crippen LogP contribution in [0.2, 0.25) is 0 Å². The lowest BCUT2D eigenvalue weighted by molar-refractivity contribution is -0.342.